The number of thioether (sulfide) groups is 1. The summed E-state index contributed by atoms with van der Waals surface area (Å²) in [6.07, 6.45) is 0. The van der Waals surface area contributed by atoms with Crippen LogP contribution in [0.5, 0.6) is 0 Å². The van der Waals surface area contributed by atoms with Gasteiger partial charge in [-0.3, -0.25) is 0 Å². The lowest BCUT2D eigenvalue weighted by Gasteiger charge is -2.09. The van der Waals surface area contributed by atoms with Gasteiger partial charge in [0.05, 0.1) is 11.0 Å². The van der Waals surface area contributed by atoms with Crippen LogP contribution in [0.4, 0.5) is 0 Å². The molecule has 5 heteroatoms. The maximum Gasteiger partial charge on any atom is 0.154 e. The summed E-state index contributed by atoms with van der Waals surface area (Å²) in [5.41, 5.74) is 5.28. The lowest BCUT2D eigenvalue weighted by atomic mass is 10.5. The normalized spacial score (nSPS) is 14.6. The minimum Gasteiger partial charge on any atom is -0.329 e. The first-order chi connectivity index (χ1) is 5.54. The molecule has 2 N–H and O–H groups in total. The van der Waals surface area contributed by atoms with Gasteiger partial charge in [0, 0.05) is 12.3 Å². The summed E-state index contributed by atoms with van der Waals surface area (Å²) in [4.78, 5) is 0. The maximum absolute atomic E-state index is 11.3. The molecule has 0 saturated carbocycles. The second kappa shape index (κ2) is 5.83. The molecule has 0 aromatic heterocycles. The van der Waals surface area contributed by atoms with Crippen molar-refractivity contribution in [1.82, 2.24) is 0 Å². The van der Waals surface area contributed by atoms with Gasteiger partial charge in [0.25, 0.3) is 0 Å². The van der Waals surface area contributed by atoms with E-state index in [9.17, 15) is 8.42 Å². The monoisotopic (exact) mass is 211 g/mol. The summed E-state index contributed by atoms with van der Waals surface area (Å²) < 4.78 is 22.7. The zero-order valence-electron chi connectivity index (χ0n) is 7.62. The molecular formula is C7H17NO2S2. The highest BCUT2D eigenvalue weighted by atomic mass is 32.2. The Morgan fingerprint density at radius 1 is 1.50 bits per heavy atom. The molecule has 74 valence electrons. The number of rotatable bonds is 6. The zero-order valence-corrected chi connectivity index (χ0v) is 9.25. The minimum atomic E-state index is -2.93. The van der Waals surface area contributed by atoms with E-state index in [2.05, 4.69) is 0 Å². The van der Waals surface area contributed by atoms with Crippen LogP contribution in [0.15, 0.2) is 0 Å². The third-order valence-electron chi connectivity index (χ3n) is 1.66. The Balaban J connectivity index is 3.88. The Kier molecular flexibility index (Phi) is 5.96. The Labute approximate surface area is 79.0 Å². The van der Waals surface area contributed by atoms with Gasteiger partial charge in [0.1, 0.15) is 0 Å². The van der Waals surface area contributed by atoms with E-state index >= 15 is 0 Å². The van der Waals surface area contributed by atoms with Crippen LogP contribution in [0, 0.1) is 0 Å². The third kappa shape index (κ3) is 4.33. The molecule has 0 aromatic carbocycles. The number of hydrogen-bond acceptors (Lipinski definition) is 4. The van der Waals surface area contributed by atoms with Crippen LogP contribution in [0.25, 0.3) is 0 Å². The largest absolute Gasteiger partial charge is 0.329 e. The van der Waals surface area contributed by atoms with Crippen molar-refractivity contribution in [3.8, 4) is 0 Å². The summed E-state index contributed by atoms with van der Waals surface area (Å²) in [7, 11) is -2.93. The van der Waals surface area contributed by atoms with Crippen molar-refractivity contribution < 1.29 is 8.42 Å². The van der Waals surface area contributed by atoms with Gasteiger partial charge in [0.2, 0.25) is 0 Å². The van der Waals surface area contributed by atoms with Crippen molar-refractivity contribution in [1.29, 1.82) is 0 Å². The predicted octanol–water partition coefficient (Wildman–Crippen LogP) is 0.501. The van der Waals surface area contributed by atoms with Crippen LogP contribution in [-0.2, 0) is 9.84 Å². The van der Waals surface area contributed by atoms with Crippen LogP contribution in [-0.4, -0.2) is 37.5 Å². The predicted molar refractivity (Wildman–Crippen MR) is 55.3 cm³/mol. The third-order valence-corrected chi connectivity index (χ3v) is 5.01. The summed E-state index contributed by atoms with van der Waals surface area (Å²) in [6, 6.07) is 0. The van der Waals surface area contributed by atoms with Crippen LogP contribution in [0.2, 0.25) is 0 Å². The second-order valence-corrected chi connectivity index (χ2v) is 6.54. The van der Waals surface area contributed by atoms with E-state index in [0.717, 1.165) is 5.75 Å². The first-order valence-corrected chi connectivity index (χ1v) is 6.91. The highest BCUT2D eigenvalue weighted by Crippen LogP contribution is 2.05. The van der Waals surface area contributed by atoms with Gasteiger partial charge in [-0.25, -0.2) is 8.42 Å². The van der Waals surface area contributed by atoms with Crippen molar-refractivity contribution in [3.05, 3.63) is 0 Å². The zero-order chi connectivity index (χ0) is 9.61. The molecule has 0 aliphatic heterocycles. The number of sulfone groups is 1. The average Bonchev–Trinajstić information content (AvgIpc) is 2.03. The highest BCUT2D eigenvalue weighted by molar-refractivity contribution is 8.00. The van der Waals surface area contributed by atoms with Gasteiger partial charge < -0.3 is 5.73 Å². The van der Waals surface area contributed by atoms with Crippen molar-refractivity contribution in [2.24, 2.45) is 5.73 Å². The fourth-order valence-corrected chi connectivity index (χ4v) is 3.05. The molecule has 0 rings (SSSR count). The van der Waals surface area contributed by atoms with E-state index in [1.54, 1.807) is 18.7 Å². The van der Waals surface area contributed by atoms with Gasteiger partial charge in [-0.05, 0) is 12.7 Å². The molecule has 0 radical (unpaired) electrons. The van der Waals surface area contributed by atoms with E-state index in [-0.39, 0.29) is 12.3 Å². The molecule has 0 heterocycles. The van der Waals surface area contributed by atoms with Crippen LogP contribution in [0.3, 0.4) is 0 Å². The molecule has 1 unspecified atom stereocenters. The molecule has 0 spiro atoms. The van der Waals surface area contributed by atoms with E-state index in [1.165, 1.54) is 0 Å². The molecule has 0 saturated heterocycles. The molecule has 0 aliphatic carbocycles. The van der Waals surface area contributed by atoms with Gasteiger partial charge in [-0.15, -0.1) is 0 Å². The molecule has 3 nitrogen and oxygen atoms in total. The van der Waals surface area contributed by atoms with Gasteiger partial charge in [0.15, 0.2) is 9.84 Å². The Hall–Kier alpha value is 0.260. The molecule has 0 fully saturated rings. The number of hydrogen-bond donors (Lipinski definition) is 1. The van der Waals surface area contributed by atoms with Crippen LogP contribution >= 0.6 is 11.8 Å². The van der Waals surface area contributed by atoms with Crippen molar-refractivity contribution in [2.45, 2.75) is 19.1 Å². The van der Waals surface area contributed by atoms with Gasteiger partial charge in [-0.2, -0.15) is 11.8 Å². The van der Waals surface area contributed by atoms with Gasteiger partial charge >= 0.3 is 0 Å². The second-order valence-electron chi connectivity index (χ2n) is 2.61. The molecule has 0 amide bonds. The topological polar surface area (TPSA) is 60.2 Å². The van der Waals surface area contributed by atoms with E-state index in [4.69, 9.17) is 5.73 Å². The van der Waals surface area contributed by atoms with E-state index in [1.807, 2.05) is 6.92 Å². The fraction of sp³-hybridized carbons (Fsp3) is 1.00. The first kappa shape index (κ1) is 12.3. The Morgan fingerprint density at radius 2 is 2.08 bits per heavy atom. The fourth-order valence-electron chi connectivity index (χ4n) is 0.667. The molecular weight excluding hydrogens is 194 g/mol. The quantitative estimate of drug-likeness (QED) is 0.650. The van der Waals surface area contributed by atoms with Crippen molar-refractivity contribution in [3.63, 3.8) is 0 Å². The molecule has 0 aromatic rings. The molecule has 0 bridgehead atoms. The standard InChI is InChI=1S/C7H17NO2S2/c1-3-11-4-5-12(9,10)7(2)6-8/h7H,3-6,8H2,1-2H3. The molecule has 12 heavy (non-hydrogen) atoms. The summed E-state index contributed by atoms with van der Waals surface area (Å²) >= 11 is 1.64. The van der Waals surface area contributed by atoms with Gasteiger partial charge in [-0.1, -0.05) is 6.92 Å². The summed E-state index contributed by atoms with van der Waals surface area (Å²) in [5.74, 6) is 1.90. The molecule has 0 aliphatic rings. The van der Waals surface area contributed by atoms with Crippen molar-refractivity contribution >= 4 is 21.6 Å². The summed E-state index contributed by atoms with van der Waals surface area (Å²) in [5, 5.41) is -0.394. The average molecular weight is 211 g/mol. The van der Waals surface area contributed by atoms with E-state index < -0.39 is 15.1 Å². The highest BCUT2D eigenvalue weighted by Gasteiger charge is 2.18. The lowest BCUT2D eigenvalue weighted by molar-refractivity contribution is 0.585. The van der Waals surface area contributed by atoms with Crippen LogP contribution < -0.4 is 5.73 Å². The maximum atomic E-state index is 11.3. The minimum absolute atomic E-state index is 0.221. The Morgan fingerprint density at radius 3 is 2.50 bits per heavy atom. The smallest absolute Gasteiger partial charge is 0.154 e. The first-order valence-electron chi connectivity index (χ1n) is 4.04. The summed E-state index contributed by atoms with van der Waals surface area (Å²) in [6.45, 7) is 3.90. The Bertz CT molecular complexity index is 201. The molecule has 1 atom stereocenters. The van der Waals surface area contributed by atoms with Crippen molar-refractivity contribution in [2.75, 3.05) is 23.8 Å². The number of nitrogens with two attached hydrogens (primary N) is 1. The van der Waals surface area contributed by atoms with Crippen LogP contribution in [0.1, 0.15) is 13.8 Å². The SMILES string of the molecule is CCSCCS(=O)(=O)C(C)CN. The lowest BCUT2D eigenvalue weighted by Crippen LogP contribution is -2.29. The van der Waals surface area contributed by atoms with E-state index in [0.29, 0.717) is 5.75 Å².